The second-order valence-corrected chi connectivity index (χ2v) is 7.72. The van der Waals surface area contributed by atoms with Gasteiger partial charge in [0.15, 0.2) is 0 Å². The van der Waals surface area contributed by atoms with Crippen molar-refractivity contribution >= 4 is 11.8 Å². The lowest BCUT2D eigenvalue weighted by molar-refractivity contribution is -0.140. The maximum atomic E-state index is 13.3. The van der Waals surface area contributed by atoms with Crippen LogP contribution < -0.4 is 4.74 Å². The average Bonchev–Trinajstić information content (AvgIpc) is 2.92. The first-order valence-electron chi connectivity index (χ1n) is 10.3. The Morgan fingerprint density at radius 1 is 1.19 bits per heavy atom. The van der Waals surface area contributed by atoms with Crippen molar-refractivity contribution in [1.82, 2.24) is 9.80 Å². The highest BCUT2D eigenvalue weighted by Crippen LogP contribution is 2.46. The van der Waals surface area contributed by atoms with E-state index in [4.69, 9.17) is 4.74 Å². The highest BCUT2D eigenvalue weighted by Gasteiger charge is 2.53. The van der Waals surface area contributed by atoms with Gasteiger partial charge in [0.25, 0.3) is 0 Å². The summed E-state index contributed by atoms with van der Waals surface area (Å²) in [5.74, 6) is 0.823. The zero-order valence-electron chi connectivity index (χ0n) is 16.9. The fraction of sp³-hybridized carbons (Fsp3) is 0.636. The summed E-state index contributed by atoms with van der Waals surface area (Å²) < 4.78 is 5.34. The molecule has 0 aromatic heterocycles. The number of aryl methyl sites for hydroxylation is 1. The molecule has 27 heavy (non-hydrogen) atoms. The number of benzene rings is 1. The molecule has 1 aromatic rings. The van der Waals surface area contributed by atoms with Crippen molar-refractivity contribution in [2.24, 2.45) is 0 Å². The summed E-state index contributed by atoms with van der Waals surface area (Å²) in [5, 5.41) is 0. The number of hydrogen-bond donors (Lipinski definition) is 0. The van der Waals surface area contributed by atoms with Crippen LogP contribution in [0.2, 0.25) is 0 Å². The number of ether oxygens (including phenoxy) is 1. The highest BCUT2D eigenvalue weighted by atomic mass is 16.5. The first kappa shape index (κ1) is 19.9. The van der Waals surface area contributed by atoms with E-state index in [2.05, 4.69) is 18.7 Å². The number of nitrogens with zero attached hydrogens (tertiary/aromatic N) is 2. The number of carbonyl (C=O) groups excluding carboxylic acids is 2. The molecule has 0 saturated carbocycles. The van der Waals surface area contributed by atoms with Crippen LogP contribution in [0.5, 0.6) is 5.75 Å². The molecule has 1 atom stereocenters. The third-order valence-corrected chi connectivity index (χ3v) is 6.29. The van der Waals surface area contributed by atoms with Crippen LogP contribution in [0.25, 0.3) is 0 Å². The quantitative estimate of drug-likeness (QED) is 0.520. The summed E-state index contributed by atoms with van der Waals surface area (Å²) in [6, 6.07) is 5.94. The van der Waals surface area contributed by atoms with Gasteiger partial charge in [0.2, 0.25) is 11.8 Å². The number of rotatable bonds is 8. The fourth-order valence-corrected chi connectivity index (χ4v) is 4.66. The predicted octanol–water partition coefficient (Wildman–Crippen LogP) is 3.15. The summed E-state index contributed by atoms with van der Waals surface area (Å²) in [5.41, 5.74) is 1.55. The lowest BCUT2D eigenvalue weighted by Crippen LogP contribution is -2.41. The molecule has 2 amide bonds. The molecule has 1 aliphatic heterocycles. The Balaban J connectivity index is 1.71. The topological polar surface area (TPSA) is 49.9 Å². The molecular weight excluding hydrogens is 340 g/mol. The number of amides is 2. The van der Waals surface area contributed by atoms with Crippen LogP contribution in [0, 0.1) is 0 Å². The predicted molar refractivity (Wildman–Crippen MR) is 106 cm³/mol. The first-order chi connectivity index (χ1) is 13.1. The maximum absolute atomic E-state index is 13.3. The summed E-state index contributed by atoms with van der Waals surface area (Å²) in [4.78, 5) is 29.9. The summed E-state index contributed by atoms with van der Waals surface area (Å²) >= 11 is 0. The van der Waals surface area contributed by atoms with Gasteiger partial charge >= 0.3 is 0 Å². The van der Waals surface area contributed by atoms with Crippen molar-refractivity contribution in [2.45, 2.75) is 57.8 Å². The minimum Gasteiger partial charge on any atom is -0.497 e. The van der Waals surface area contributed by atoms with Gasteiger partial charge in [-0.1, -0.05) is 19.9 Å². The van der Waals surface area contributed by atoms with E-state index in [1.165, 1.54) is 4.90 Å². The van der Waals surface area contributed by atoms with Gasteiger partial charge in [0, 0.05) is 13.0 Å². The van der Waals surface area contributed by atoms with Crippen molar-refractivity contribution in [3.63, 3.8) is 0 Å². The second-order valence-electron chi connectivity index (χ2n) is 7.72. The SMILES string of the molecule is CCN(CC)CCCCN1C(=O)CC2(CCCc3cc(OC)ccc32)C1=O. The number of unbranched alkanes of at least 4 members (excludes halogenated alkanes) is 1. The number of likely N-dealkylation sites (tertiary alicyclic amines) is 1. The van der Waals surface area contributed by atoms with E-state index >= 15 is 0 Å². The molecule has 0 bridgehead atoms. The number of carbonyl (C=O) groups is 2. The molecule has 1 unspecified atom stereocenters. The van der Waals surface area contributed by atoms with Crippen LogP contribution in [0.3, 0.4) is 0 Å². The van der Waals surface area contributed by atoms with Crippen LogP contribution in [-0.4, -0.2) is 54.9 Å². The van der Waals surface area contributed by atoms with E-state index in [0.717, 1.165) is 68.6 Å². The van der Waals surface area contributed by atoms with Gasteiger partial charge in [-0.25, -0.2) is 0 Å². The smallest absolute Gasteiger partial charge is 0.240 e. The van der Waals surface area contributed by atoms with Crippen LogP contribution in [0.1, 0.15) is 57.1 Å². The normalized spacial score (nSPS) is 22.0. The van der Waals surface area contributed by atoms with E-state index in [-0.39, 0.29) is 11.8 Å². The van der Waals surface area contributed by atoms with Gasteiger partial charge in [-0.3, -0.25) is 14.5 Å². The molecule has 1 spiro atoms. The average molecular weight is 373 g/mol. The van der Waals surface area contributed by atoms with Gasteiger partial charge in [-0.15, -0.1) is 0 Å². The van der Waals surface area contributed by atoms with Crippen molar-refractivity contribution < 1.29 is 14.3 Å². The lowest BCUT2D eigenvalue weighted by Gasteiger charge is -2.33. The Kier molecular flexibility index (Phi) is 6.20. The standard InChI is InChI=1S/C22H32N2O3/c1-4-23(5-2)13-6-7-14-24-20(25)16-22(21(24)26)12-8-9-17-15-18(27-3)10-11-19(17)22/h10-11,15H,4-9,12-14,16H2,1-3H3. The number of hydrogen-bond acceptors (Lipinski definition) is 4. The molecule has 5 nitrogen and oxygen atoms in total. The first-order valence-corrected chi connectivity index (χ1v) is 10.3. The molecule has 1 aromatic carbocycles. The van der Waals surface area contributed by atoms with Crippen molar-refractivity contribution in [2.75, 3.05) is 33.3 Å². The van der Waals surface area contributed by atoms with Crippen LogP contribution in [0.15, 0.2) is 18.2 Å². The molecule has 3 rings (SSSR count). The van der Waals surface area contributed by atoms with E-state index < -0.39 is 5.41 Å². The Morgan fingerprint density at radius 2 is 1.96 bits per heavy atom. The van der Waals surface area contributed by atoms with Gasteiger partial charge in [0.05, 0.1) is 12.5 Å². The molecule has 1 aliphatic carbocycles. The second kappa shape index (κ2) is 8.42. The van der Waals surface area contributed by atoms with Gasteiger partial charge in [-0.2, -0.15) is 0 Å². The lowest BCUT2D eigenvalue weighted by atomic mass is 9.69. The monoisotopic (exact) mass is 372 g/mol. The molecule has 5 heteroatoms. The summed E-state index contributed by atoms with van der Waals surface area (Å²) in [7, 11) is 1.66. The zero-order chi connectivity index (χ0) is 19.4. The zero-order valence-corrected chi connectivity index (χ0v) is 16.9. The number of fused-ring (bicyclic) bond motifs is 2. The van der Waals surface area contributed by atoms with E-state index in [1.54, 1.807) is 7.11 Å². The minimum atomic E-state index is -0.643. The van der Waals surface area contributed by atoms with Crippen LogP contribution in [0.4, 0.5) is 0 Å². The van der Waals surface area contributed by atoms with Gasteiger partial charge in [-0.05, 0) is 75.0 Å². The van der Waals surface area contributed by atoms with Crippen LogP contribution in [-0.2, 0) is 21.4 Å². The van der Waals surface area contributed by atoms with Crippen molar-refractivity contribution in [1.29, 1.82) is 0 Å². The Morgan fingerprint density at radius 3 is 2.67 bits per heavy atom. The molecule has 1 saturated heterocycles. The van der Waals surface area contributed by atoms with Crippen molar-refractivity contribution in [3.8, 4) is 5.75 Å². The largest absolute Gasteiger partial charge is 0.497 e. The van der Waals surface area contributed by atoms with E-state index in [0.29, 0.717) is 13.0 Å². The molecule has 0 N–H and O–H groups in total. The van der Waals surface area contributed by atoms with E-state index in [9.17, 15) is 9.59 Å². The fourth-order valence-electron chi connectivity index (χ4n) is 4.66. The third kappa shape index (κ3) is 3.75. The minimum absolute atomic E-state index is 0.00786. The van der Waals surface area contributed by atoms with Crippen molar-refractivity contribution in [3.05, 3.63) is 29.3 Å². The maximum Gasteiger partial charge on any atom is 0.240 e. The molecule has 148 valence electrons. The molecular formula is C22H32N2O3. The molecule has 1 heterocycles. The molecule has 1 fully saturated rings. The van der Waals surface area contributed by atoms with Crippen LogP contribution >= 0.6 is 0 Å². The Hall–Kier alpha value is -1.88. The number of methoxy groups -OCH3 is 1. The molecule has 0 radical (unpaired) electrons. The molecule has 2 aliphatic rings. The Labute approximate surface area is 162 Å². The third-order valence-electron chi connectivity index (χ3n) is 6.29. The highest BCUT2D eigenvalue weighted by molar-refractivity contribution is 6.09. The van der Waals surface area contributed by atoms with Gasteiger partial charge in [0.1, 0.15) is 5.75 Å². The summed E-state index contributed by atoms with van der Waals surface area (Å²) in [6.07, 6.45) is 4.86. The number of imide groups is 1. The Bertz CT molecular complexity index is 699. The van der Waals surface area contributed by atoms with Gasteiger partial charge < -0.3 is 9.64 Å². The van der Waals surface area contributed by atoms with E-state index in [1.807, 2.05) is 18.2 Å². The summed E-state index contributed by atoms with van der Waals surface area (Å²) in [6.45, 7) is 7.98.